The second-order valence-corrected chi connectivity index (χ2v) is 8.54. The van der Waals surface area contributed by atoms with Crippen molar-refractivity contribution in [2.24, 2.45) is 0 Å². The van der Waals surface area contributed by atoms with Crippen molar-refractivity contribution in [1.82, 2.24) is 9.62 Å². The van der Waals surface area contributed by atoms with Crippen LogP contribution in [0.25, 0.3) is 0 Å². The Kier molecular flexibility index (Phi) is 7.38. The molecule has 0 saturated carbocycles. The Hall–Kier alpha value is -2.38. The van der Waals surface area contributed by atoms with Gasteiger partial charge in [0.05, 0.1) is 18.8 Å². The number of benzene rings is 2. The fraction of sp³-hybridized carbons (Fsp3) is 0.350. The number of hydrogen-bond donors (Lipinski definition) is 1. The highest BCUT2D eigenvalue weighted by atomic mass is 32.2. The Morgan fingerprint density at radius 1 is 1.11 bits per heavy atom. The maximum Gasteiger partial charge on any atom is 0.235 e. The van der Waals surface area contributed by atoms with Gasteiger partial charge >= 0.3 is 0 Å². The number of nitrogens with zero attached hydrogens (tertiary/aromatic N) is 1. The molecule has 1 atom stereocenters. The summed E-state index contributed by atoms with van der Waals surface area (Å²) in [5.74, 6) is 0.401. The summed E-state index contributed by atoms with van der Waals surface area (Å²) in [6.45, 7) is 3.99. The number of ether oxygens (including phenoxy) is 1. The summed E-state index contributed by atoms with van der Waals surface area (Å²) >= 11 is 0. The van der Waals surface area contributed by atoms with Crippen molar-refractivity contribution >= 4 is 15.9 Å². The van der Waals surface area contributed by atoms with Gasteiger partial charge < -0.3 is 10.1 Å². The van der Waals surface area contributed by atoms with Gasteiger partial charge in [0.1, 0.15) is 12.4 Å². The molecule has 0 saturated heterocycles. The Morgan fingerprint density at radius 2 is 1.74 bits per heavy atom. The molecule has 2 aromatic carbocycles. The first-order valence-corrected chi connectivity index (χ1v) is 10.6. The molecule has 0 aliphatic carbocycles. The summed E-state index contributed by atoms with van der Waals surface area (Å²) in [5, 5.41) is 2.79. The van der Waals surface area contributed by atoms with Gasteiger partial charge in [0.25, 0.3) is 0 Å². The first kappa shape index (κ1) is 20.9. The summed E-state index contributed by atoms with van der Waals surface area (Å²) in [6, 6.07) is 16.6. The summed E-state index contributed by atoms with van der Waals surface area (Å²) in [5.41, 5.74) is 1.84. The van der Waals surface area contributed by atoms with Crippen molar-refractivity contribution < 1.29 is 17.9 Å². The first-order valence-electron chi connectivity index (χ1n) is 8.72. The standard InChI is InChI=1S/C20H26N2O4S/c1-16-9-7-8-12-19(16)26-15-17(2)21-20(23)14-22(27(3,24)25)13-18-10-5-4-6-11-18/h4-12,17H,13-15H2,1-3H3,(H,21,23). The molecule has 2 aromatic rings. The molecular formula is C20H26N2O4S. The zero-order valence-corrected chi connectivity index (χ0v) is 16.7. The lowest BCUT2D eigenvalue weighted by molar-refractivity contribution is -0.122. The number of hydrogen-bond acceptors (Lipinski definition) is 4. The van der Waals surface area contributed by atoms with Gasteiger partial charge in [-0.2, -0.15) is 4.31 Å². The van der Waals surface area contributed by atoms with Crippen molar-refractivity contribution in [2.75, 3.05) is 19.4 Å². The van der Waals surface area contributed by atoms with E-state index in [1.807, 2.05) is 68.4 Å². The summed E-state index contributed by atoms with van der Waals surface area (Å²) in [4.78, 5) is 12.3. The van der Waals surface area contributed by atoms with Gasteiger partial charge in [-0.05, 0) is 31.0 Å². The minimum atomic E-state index is -3.51. The fourth-order valence-corrected chi connectivity index (χ4v) is 3.27. The van der Waals surface area contributed by atoms with Gasteiger partial charge in [-0.1, -0.05) is 48.5 Å². The van der Waals surface area contributed by atoms with Gasteiger partial charge in [-0.3, -0.25) is 4.79 Å². The van der Waals surface area contributed by atoms with Gasteiger partial charge in [-0.25, -0.2) is 8.42 Å². The number of amides is 1. The quantitative estimate of drug-likeness (QED) is 0.713. The maximum atomic E-state index is 12.3. The van der Waals surface area contributed by atoms with Crippen molar-refractivity contribution in [3.8, 4) is 5.75 Å². The molecule has 146 valence electrons. The number of aryl methyl sites for hydroxylation is 1. The molecule has 0 aliphatic heterocycles. The molecule has 0 fully saturated rings. The van der Waals surface area contributed by atoms with E-state index in [1.54, 1.807) is 0 Å². The van der Waals surface area contributed by atoms with E-state index >= 15 is 0 Å². The van der Waals surface area contributed by atoms with Crippen LogP contribution < -0.4 is 10.1 Å². The number of sulfonamides is 1. The maximum absolute atomic E-state index is 12.3. The number of nitrogens with one attached hydrogen (secondary N) is 1. The van der Waals surface area contributed by atoms with Crippen molar-refractivity contribution in [2.45, 2.75) is 26.4 Å². The molecule has 2 rings (SSSR count). The number of carbonyl (C=O) groups excluding carboxylic acids is 1. The molecule has 1 N–H and O–H groups in total. The Labute approximate surface area is 161 Å². The van der Waals surface area contributed by atoms with Crippen LogP contribution in [-0.4, -0.2) is 44.1 Å². The largest absolute Gasteiger partial charge is 0.491 e. The van der Waals surface area contributed by atoms with E-state index in [-0.39, 0.29) is 25.0 Å². The topological polar surface area (TPSA) is 75.7 Å². The first-order chi connectivity index (χ1) is 12.8. The van der Waals surface area contributed by atoms with Crippen LogP contribution in [0.2, 0.25) is 0 Å². The molecule has 27 heavy (non-hydrogen) atoms. The summed E-state index contributed by atoms with van der Waals surface area (Å²) < 4.78 is 30.9. The van der Waals surface area contributed by atoms with Crippen LogP contribution in [0.1, 0.15) is 18.1 Å². The molecule has 1 unspecified atom stereocenters. The average molecular weight is 391 g/mol. The smallest absolute Gasteiger partial charge is 0.235 e. The van der Waals surface area contributed by atoms with Crippen LogP contribution in [-0.2, 0) is 21.4 Å². The van der Waals surface area contributed by atoms with E-state index in [2.05, 4.69) is 5.32 Å². The third-order valence-electron chi connectivity index (χ3n) is 3.98. The van der Waals surface area contributed by atoms with E-state index < -0.39 is 10.0 Å². The highest BCUT2D eigenvalue weighted by Gasteiger charge is 2.21. The minimum absolute atomic E-state index is 0.154. The molecule has 7 heteroatoms. The highest BCUT2D eigenvalue weighted by Crippen LogP contribution is 2.16. The van der Waals surface area contributed by atoms with Crippen LogP contribution in [0.5, 0.6) is 5.75 Å². The average Bonchev–Trinajstić information content (AvgIpc) is 2.60. The van der Waals surface area contributed by atoms with Crippen molar-refractivity contribution in [1.29, 1.82) is 0 Å². The lowest BCUT2D eigenvalue weighted by atomic mass is 10.2. The highest BCUT2D eigenvalue weighted by molar-refractivity contribution is 7.88. The SMILES string of the molecule is Cc1ccccc1OCC(C)NC(=O)CN(Cc1ccccc1)S(C)(=O)=O. The predicted molar refractivity (Wildman–Crippen MR) is 106 cm³/mol. The second kappa shape index (κ2) is 9.53. The molecule has 0 aromatic heterocycles. The number of para-hydroxylation sites is 1. The monoisotopic (exact) mass is 390 g/mol. The molecule has 0 bridgehead atoms. The Morgan fingerprint density at radius 3 is 2.37 bits per heavy atom. The van der Waals surface area contributed by atoms with Gasteiger partial charge in [0, 0.05) is 6.54 Å². The lowest BCUT2D eigenvalue weighted by Crippen LogP contribution is -2.44. The fourth-order valence-electron chi connectivity index (χ4n) is 2.53. The van der Waals surface area contributed by atoms with Gasteiger partial charge in [-0.15, -0.1) is 0 Å². The zero-order chi connectivity index (χ0) is 19.9. The number of carbonyl (C=O) groups is 1. The van der Waals surface area contributed by atoms with Crippen LogP contribution in [0.15, 0.2) is 54.6 Å². The summed E-state index contributed by atoms with van der Waals surface area (Å²) in [6.07, 6.45) is 1.11. The molecule has 0 spiro atoms. The zero-order valence-electron chi connectivity index (χ0n) is 15.9. The van der Waals surface area contributed by atoms with Crippen LogP contribution in [0.4, 0.5) is 0 Å². The van der Waals surface area contributed by atoms with E-state index in [9.17, 15) is 13.2 Å². The molecular weight excluding hydrogens is 364 g/mol. The van der Waals surface area contributed by atoms with E-state index in [0.717, 1.165) is 27.4 Å². The van der Waals surface area contributed by atoms with E-state index in [0.29, 0.717) is 6.61 Å². The second-order valence-electron chi connectivity index (χ2n) is 6.56. The Bertz CT molecular complexity index is 853. The van der Waals surface area contributed by atoms with Gasteiger partial charge in [0.2, 0.25) is 15.9 Å². The van der Waals surface area contributed by atoms with Crippen LogP contribution in [0, 0.1) is 6.92 Å². The molecule has 6 nitrogen and oxygen atoms in total. The van der Waals surface area contributed by atoms with E-state index in [4.69, 9.17) is 4.74 Å². The normalized spacial score (nSPS) is 12.6. The lowest BCUT2D eigenvalue weighted by Gasteiger charge is -2.21. The van der Waals surface area contributed by atoms with E-state index in [1.165, 1.54) is 0 Å². The molecule has 0 aliphatic rings. The Balaban J connectivity index is 1.90. The van der Waals surface area contributed by atoms with Crippen molar-refractivity contribution in [3.63, 3.8) is 0 Å². The molecule has 1 amide bonds. The minimum Gasteiger partial charge on any atom is -0.491 e. The summed E-state index contributed by atoms with van der Waals surface area (Å²) in [7, 11) is -3.51. The molecule has 0 radical (unpaired) electrons. The third-order valence-corrected chi connectivity index (χ3v) is 5.18. The number of rotatable bonds is 9. The third kappa shape index (κ3) is 7.03. The predicted octanol–water partition coefficient (Wildman–Crippen LogP) is 2.34. The van der Waals surface area contributed by atoms with Crippen LogP contribution in [0.3, 0.4) is 0 Å². The molecule has 0 heterocycles. The van der Waals surface area contributed by atoms with Gasteiger partial charge in [0.15, 0.2) is 0 Å². The van der Waals surface area contributed by atoms with Crippen LogP contribution >= 0.6 is 0 Å². The van der Waals surface area contributed by atoms with Crippen molar-refractivity contribution in [3.05, 3.63) is 65.7 Å².